The maximum atomic E-state index is 12.5. The third-order valence-electron chi connectivity index (χ3n) is 5.34. The molecule has 4 heteroatoms. The lowest BCUT2D eigenvalue weighted by atomic mass is 9.83. The summed E-state index contributed by atoms with van der Waals surface area (Å²) in [7, 11) is 0. The molecule has 4 nitrogen and oxygen atoms in total. The minimum Gasteiger partial charge on any atom is -0.342 e. The summed E-state index contributed by atoms with van der Waals surface area (Å²) in [5, 5.41) is 0. The quantitative estimate of drug-likeness (QED) is 0.732. The molecule has 3 aliphatic rings. The van der Waals surface area contributed by atoms with E-state index in [9.17, 15) is 9.59 Å². The van der Waals surface area contributed by atoms with Crippen molar-refractivity contribution in [2.45, 2.75) is 52.0 Å². The average molecular weight is 290 g/mol. The van der Waals surface area contributed by atoms with Crippen molar-refractivity contribution in [3.05, 3.63) is 11.6 Å². The summed E-state index contributed by atoms with van der Waals surface area (Å²) in [6.07, 6.45) is 7.22. The van der Waals surface area contributed by atoms with Crippen LogP contribution in [0.25, 0.3) is 0 Å². The molecule has 2 heterocycles. The van der Waals surface area contributed by atoms with Gasteiger partial charge in [-0.2, -0.15) is 0 Å². The predicted octanol–water partition coefficient (Wildman–Crippen LogP) is 2.20. The maximum absolute atomic E-state index is 12.5. The van der Waals surface area contributed by atoms with Gasteiger partial charge in [0.2, 0.25) is 11.8 Å². The smallest absolute Gasteiger partial charge is 0.249 e. The van der Waals surface area contributed by atoms with Gasteiger partial charge < -0.3 is 9.80 Å². The highest BCUT2D eigenvalue weighted by Crippen LogP contribution is 2.35. The fourth-order valence-corrected chi connectivity index (χ4v) is 3.79. The number of allylic oxidation sites excluding steroid dienone is 1. The average Bonchev–Trinajstić information content (AvgIpc) is 3.36. The number of piperidine rings is 2. The molecule has 0 N–H and O–H groups in total. The predicted molar refractivity (Wildman–Crippen MR) is 81.6 cm³/mol. The van der Waals surface area contributed by atoms with Crippen molar-refractivity contribution >= 4 is 11.8 Å². The third kappa shape index (κ3) is 2.85. The van der Waals surface area contributed by atoms with E-state index in [4.69, 9.17) is 0 Å². The molecule has 0 aromatic heterocycles. The van der Waals surface area contributed by atoms with Gasteiger partial charge >= 0.3 is 0 Å². The molecule has 2 saturated heterocycles. The Labute approximate surface area is 127 Å². The van der Waals surface area contributed by atoms with Gasteiger partial charge in [-0.3, -0.25) is 9.59 Å². The molecular weight excluding hydrogens is 264 g/mol. The Hall–Kier alpha value is -1.32. The molecule has 0 radical (unpaired) electrons. The van der Waals surface area contributed by atoms with Crippen LogP contribution in [0.2, 0.25) is 0 Å². The summed E-state index contributed by atoms with van der Waals surface area (Å²) in [6.45, 7) is 6.39. The first kappa shape index (κ1) is 14.6. The van der Waals surface area contributed by atoms with Crippen molar-refractivity contribution in [3.8, 4) is 0 Å². The fraction of sp³-hybridized carbons (Fsp3) is 0.765. The Bertz CT molecular complexity index is 467. The lowest BCUT2D eigenvalue weighted by molar-refractivity contribution is -0.140. The highest BCUT2D eigenvalue weighted by molar-refractivity contribution is 5.93. The van der Waals surface area contributed by atoms with Gasteiger partial charge in [0.15, 0.2) is 0 Å². The molecular formula is C17H26N2O2. The van der Waals surface area contributed by atoms with Crippen molar-refractivity contribution in [2.24, 2.45) is 11.8 Å². The number of amides is 2. The van der Waals surface area contributed by atoms with Gasteiger partial charge in [0.25, 0.3) is 0 Å². The van der Waals surface area contributed by atoms with Crippen LogP contribution in [0.4, 0.5) is 0 Å². The van der Waals surface area contributed by atoms with E-state index < -0.39 is 0 Å². The first-order chi connectivity index (χ1) is 10.1. The number of fused-ring (bicyclic) bond motifs is 1. The molecule has 116 valence electrons. The molecule has 3 fully saturated rings. The zero-order valence-corrected chi connectivity index (χ0v) is 13.2. The first-order valence-corrected chi connectivity index (χ1v) is 8.34. The van der Waals surface area contributed by atoms with E-state index in [-0.39, 0.29) is 5.91 Å². The standard InChI is InChI=1S/C17H26N2O2/c1-3-12(2)16(20)19-9-4-5-14-11-18(10-8-15(14)19)17(21)13-6-7-13/h3,13-15H,4-11H2,1-2H3/t14-,15+/m1/s1. The molecule has 0 unspecified atom stereocenters. The van der Waals surface area contributed by atoms with Crippen molar-refractivity contribution < 1.29 is 9.59 Å². The summed E-state index contributed by atoms with van der Waals surface area (Å²) >= 11 is 0. The van der Waals surface area contributed by atoms with Crippen LogP contribution in [0.3, 0.4) is 0 Å². The third-order valence-corrected chi connectivity index (χ3v) is 5.34. The lowest BCUT2D eigenvalue weighted by Gasteiger charge is -2.47. The van der Waals surface area contributed by atoms with Crippen molar-refractivity contribution in [2.75, 3.05) is 19.6 Å². The van der Waals surface area contributed by atoms with E-state index in [0.29, 0.717) is 23.8 Å². The molecule has 0 spiro atoms. The van der Waals surface area contributed by atoms with Crippen LogP contribution >= 0.6 is 0 Å². The number of nitrogens with zero attached hydrogens (tertiary/aromatic N) is 2. The lowest BCUT2D eigenvalue weighted by Crippen LogP contribution is -2.57. The molecule has 2 atom stereocenters. The second-order valence-electron chi connectivity index (χ2n) is 6.79. The molecule has 2 aliphatic heterocycles. The normalized spacial score (nSPS) is 30.1. The summed E-state index contributed by atoms with van der Waals surface area (Å²) in [4.78, 5) is 28.9. The van der Waals surface area contributed by atoms with Crippen molar-refractivity contribution in [1.29, 1.82) is 0 Å². The minimum absolute atomic E-state index is 0.189. The van der Waals surface area contributed by atoms with Crippen LogP contribution in [-0.4, -0.2) is 47.3 Å². The number of carbonyl (C=O) groups is 2. The minimum atomic E-state index is 0.189. The van der Waals surface area contributed by atoms with Gasteiger partial charge in [0.05, 0.1) is 0 Å². The molecule has 3 rings (SSSR count). The van der Waals surface area contributed by atoms with Crippen LogP contribution in [0.15, 0.2) is 11.6 Å². The molecule has 0 aromatic rings. The monoisotopic (exact) mass is 290 g/mol. The van der Waals surface area contributed by atoms with Crippen molar-refractivity contribution in [1.82, 2.24) is 9.80 Å². The number of carbonyl (C=O) groups excluding carboxylic acids is 2. The molecule has 21 heavy (non-hydrogen) atoms. The number of rotatable bonds is 2. The van der Waals surface area contributed by atoms with E-state index in [1.165, 1.54) is 0 Å². The summed E-state index contributed by atoms with van der Waals surface area (Å²) in [6, 6.07) is 0.337. The SMILES string of the molecule is CC=C(C)C(=O)N1CCC[C@@H]2CN(C(=O)C3CC3)CC[C@@H]21. The molecule has 1 aliphatic carbocycles. The molecule has 1 saturated carbocycles. The fourth-order valence-electron chi connectivity index (χ4n) is 3.79. The van der Waals surface area contributed by atoms with E-state index in [1.807, 2.05) is 19.9 Å². The van der Waals surface area contributed by atoms with Crippen LogP contribution in [-0.2, 0) is 9.59 Å². The number of likely N-dealkylation sites (tertiary alicyclic amines) is 2. The van der Waals surface area contributed by atoms with Crippen LogP contribution in [0, 0.1) is 11.8 Å². The number of hydrogen-bond acceptors (Lipinski definition) is 2. The zero-order valence-electron chi connectivity index (χ0n) is 13.2. The van der Waals surface area contributed by atoms with E-state index >= 15 is 0 Å². The van der Waals surface area contributed by atoms with Crippen molar-refractivity contribution in [3.63, 3.8) is 0 Å². The Kier molecular flexibility index (Phi) is 4.05. The van der Waals surface area contributed by atoms with Crippen LogP contribution < -0.4 is 0 Å². The van der Waals surface area contributed by atoms with Crippen LogP contribution in [0.5, 0.6) is 0 Å². The summed E-state index contributed by atoms with van der Waals surface area (Å²) in [5.41, 5.74) is 0.840. The highest BCUT2D eigenvalue weighted by Gasteiger charge is 2.42. The van der Waals surface area contributed by atoms with Gasteiger partial charge in [0.1, 0.15) is 0 Å². The Morgan fingerprint density at radius 2 is 1.86 bits per heavy atom. The Morgan fingerprint density at radius 3 is 2.52 bits per heavy atom. The largest absolute Gasteiger partial charge is 0.342 e. The van der Waals surface area contributed by atoms with Crippen LogP contribution in [0.1, 0.15) is 46.0 Å². The van der Waals surface area contributed by atoms with E-state index in [2.05, 4.69) is 9.80 Å². The van der Waals surface area contributed by atoms with Gasteiger partial charge in [-0.25, -0.2) is 0 Å². The van der Waals surface area contributed by atoms with Gasteiger partial charge in [-0.05, 0) is 51.9 Å². The van der Waals surface area contributed by atoms with E-state index in [0.717, 1.165) is 57.3 Å². The van der Waals surface area contributed by atoms with Gasteiger partial charge in [0, 0.05) is 37.2 Å². The van der Waals surface area contributed by atoms with Gasteiger partial charge in [-0.15, -0.1) is 0 Å². The highest BCUT2D eigenvalue weighted by atomic mass is 16.2. The first-order valence-electron chi connectivity index (χ1n) is 8.34. The van der Waals surface area contributed by atoms with Gasteiger partial charge in [-0.1, -0.05) is 6.08 Å². The van der Waals surface area contributed by atoms with E-state index in [1.54, 1.807) is 0 Å². The Balaban J connectivity index is 1.67. The zero-order chi connectivity index (χ0) is 15.0. The summed E-state index contributed by atoms with van der Waals surface area (Å²) in [5.74, 6) is 1.34. The second-order valence-corrected chi connectivity index (χ2v) is 6.79. The summed E-state index contributed by atoms with van der Waals surface area (Å²) < 4.78 is 0. The maximum Gasteiger partial charge on any atom is 0.249 e. The number of hydrogen-bond donors (Lipinski definition) is 0. The Morgan fingerprint density at radius 1 is 1.10 bits per heavy atom. The molecule has 0 aromatic carbocycles. The molecule has 0 bridgehead atoms. The topological polar surface area (TPSA) is 40.6 Å². The molecule has 2 amide bonds. The second kappa shape index (κ2) is 5.82.